The molecule has 0 bridgehead atoms. The second kappa shape index (κ2) is 7.43. The summed E-state index contributed by atoms with van der Waals surface area (Å²) in [5, 5.41) is 6.24. The number of hydrogen-bond acceptors (Lipinski definition) is 3. The number of nitrogens with one attached hydrogen (secondary N) is 2. The Morgan fingerprint density at radius 1 is 1.19 bits per heavy atom. The predicted octanol–water partition coefficient (Wildman–Crippen LogP) is 3.08. The van der Waals surface area contributed by atoms with E-state index in [9.17, 15) is 4.79 Å². The van der Waals surface area contributed by atoms with E-state index < -0.39 is 0 Å². The van der Waals surface area contributed by atoms with Crippen molar-refractivity contribution in [2.75, 3.05) is 11.9 Å². The summed E-state index contributed by atoms with van der Waals surface area (Å²) < 4.78 is 0. The third kappa shape index (κ3) is 4.91. The van der Waals surface area contributed by atoms with E-state index in [0.29, 0.717) is 24.6 Å². The standard InChI is InChI=1S/C17H21N3O/c1-13(2)11-20-17(21)15-4-3-5-16(10-15)19-12-14-6-8-18-9-7-14/h3-10,13,19H,11-12H2,1-2H3,(H,20,21). The van der Waals surface area contributed by atoms with E-state index >= 15 is 0 Å². The van der Waals surface area contributed by atoms with Gasteiger partial charge in [-0.25, -0.2) is 0 Å². The summed E-state index contributed by atoms with van der Waals surface area (Å²) in [5.41, 5.74) is 2.76. The van der Waals surface area contributed by atoms with Gasteiger partial charge >= 0.3 is 0 Å². The maximum absolute atomic E-state index is 12.0. The molecule has 0 saturated carbocycles. The van der Waals surface area contributed by atoms with Crippen LogP contribution < -0.4 is 10.6 Å². The van der Waals surface area contributed by atoms with Crippen LogP contribution in [0.2, 0.25) is 0 Å². The van der Waals surface area contributed by atoms with E-state index in [1.165, 1.54) is 0 Å². The molecule has 2 rings (SSSR count). The smallest absolute Gasteiger partial charge is 0.251 e. The molecule has 2 N–H and O–H groups in total. The van der Waals surface area contributed by atoms with Crippen molar-refractivity contribution in [1.82, 2.24) is 10.3 Å². The zero-order valence-electron chi connectivity index (χ0n) is 12.5. The Labute approximate surface area is 125 Å². The maximum atomic E-state index is 12.0. The number of aromatic nitrogens is 1. The molecule has 1 aromatic heterocycles. The predicted molar refractivity (Wildman–Crippen MR) is 85.2 cm³/mol. The lowest BCUT2D eigenvalue weighted by molar-refractivity contribution is 0.0949. The number of amides is 1. The second-order valence-corrected chi connectivity index (χ2v) is 5.39. The van der Waals surface area contributed by atoms with Crippen LogP contribution in [0.5, 0.6) is 0 Å². The third-order valence-corrected chi connectivity index (χ3v) is 3.04. The van der Waals surface area contributed by atoms with Gasteiger partial charge in [-0.1, -0.05) is 19.9 Å². The molecule has 0 fully saturated rings. The first kappa shape index (κ1) is 15.0. The van der Waals surface area contributed by atoms with E-state index in [-0.39, 0.29) is 5.91 Å². The SMILES string of the molecule is CC(C)CNC(=O)c1cccc(NCc2ccncc2)c1. The van der Waals surface area contributed by atoms with Crippen LogP contribution >= 0.6 is 0 Å². The highest BCUT2D eigenvalue weighted by Gasteiger charge is 2.06. The maximum Gasteiger partial charge on any atom is 0.251 e. The van der Waals surface area contributed by atoms with Gasteiger partial charge in [0.25, 0.3) is 5.91 Å². The lowest BCUT2D eigenvalue weighted by Crippen LogP contribution is -2.27. The molecule has 1 amide bonds. The monoisotopic (exact) mass is 283 g/mol. The minimum Gasteiger partial charge on any atom is -0.381 e. The fourth-order valence-corrected chi connectivity index (χ4v) is 1.87. The summed E-state index contributed by atoms with van der Waals surface area (Å²) in [6.45, 7) is 5.55. The molecule has 0 aliphatic heterocycles. The van der Waals surface area contributed by atoms with E-state index in [2.05, 4.69) is 29.5 Å². The van der Waals surface area contributed by atoms with Crippen molar-refractivity contribution in [1.29, 1.82) is 0 Å². The van der Waals surface area contributed by atoms with Crippen molar-refractivity contribution in [3.63, 3.8) is 0 Å². The van der Waals surface area contributed by atoms with Crippen LogP contribution in [0.4, 0.5) is 5.69 Å². The summed E-state index contributed by atoms with van der Waals surface area (Å²) in [6, 6.07) is 11.5. The number of carbonyl (C=O) groups excluding carboxylic acids is 1. The molecule has 0 spiro atoms. The van der Waals surface area contributed by atoms with E-state index in [4.69, 9.17) is 0 Å². The Morgan fingerprint density at radius 2 is 1.95 bits per heavy atom. The molecule has 0 radical (unpaired) electrons. The van der Waals surface area contributed by atoms with Crippen LogP contribution in [0.15, 0.2) is 48.8 Å². The number of carbonyl (C=O) groups is 1. The highest BCUT2D eigenvalue weighted by atomic mass is 16.1. The molecule has 1 aromatic carbocycles. The highest BCUT2D eigenvalue weighted by molar-refractivity contribution is 5.95. The molecular weight excluding hydrogens is 262 g/mol. The van der Waals surface area contributed by atoms with Gasteiger partial charge in [0.2, 0.25) is 0 Å². The largest absolute Gasteiger partial charge is 0.381 e. The molecular formula is C17H21N3O. The molecule has 4 heteroatoms. The Kier molecular flexibility index (Phi) is 5.32. The molecule has 0 saturated heterocycles. The van der Waals surface area contributed by atoms with Gasteiger partial charge in [-0.15, -0.1) is 0 Å². The third-order valence-electron chi connectivity index (χ3n) is 3.04. The van der Waals surface area contributed by atoms with Gasteiger partial charge in [0.1, 0.15) is 0 Å². The van der Waals surface area contributed by atoms with Crippen molar-refractivity contribution in [2.24, 2.45) is 5.92 Å². The van der Waals surface area contributed by atoms with Crippen molar-refractivity contribution in [3.8, 4) is 0 Å². The van der Waals surface area contributed by atoms with Gasteiger partial charge in [0.15, 0.2) is 0 Å². The number of nitrogens with zero attached hydrogens (tertiary/aromatic N) is 1. The van der Waals surface area contributed by atoms with Crippen LogP contribution in [0, 0.1) is 5.92 Å². The average Bonchev–Trinajstić information content (AvgIpc) is 2.52. The fourth-order valence-electron chi connectivity index (χ4n) is 1.87. The summed E-state index contributed by atoms with van der Waals surface area (Å²) in [4.78, 5) is 16.0. The number of hydrogen-bond donors (Lipinski definition) is 2. The molecule has 2 aromatic rings. The van der Waals surface area contributed by atoms with Crippen molar-refractivity contribution in [3.05, 3.63) is 59.9 Å². The Balaban J connectivity index is 1.96. The number of pyridine rings is 1. The average molecular weight is 283 g/mol. The molecule has 21 heavy (non-hydrogen) atoms. The number of benzene rings is 1. The molecule has 0 atom stereocenters. The summed E-state index contributed by atoms with van der Waals surface area (Å²) in [7, 11) is 0. The lowest BCUT2D eigenvalue weighted by Gasteiger charge is -2.10. The summed E-state index contributed by atoms with van der Waals surface area (Å²) >= 11 is 0. The molecule has 4 nitrogen and oxygen atoms in total. The van der Waals surface area contributed by atoms with E-state index in [0.717, 1.165) is 11.3 Å². The molecule has 0 unspecified atom stereocenters. The van der Waals surface area contributed by atoms with Crippen LogP contribution in [0.1, 0.15) is 29.8 Å². The van der Waals surface area contributed by atoms with Gasteiger partial charge < -0.3 is 10.6 Å². The first-order valence-corrected chi connectivity index (χ1v) is 7.16. The number of rotatable bonds is 6. The molecule has 0 aliphatic rings. The van der Waals surface area contributed by atoms with Gasteiger partial charge in [0.05, 0.1) is 0 Å². The topological polar surface area (TPSA) is 54.0 Å². The van der Waals surface area contributed by atoms with Gasteiger partial charge in [-0.05, 0) is 41.8 Å². The molecule has 1 heterocycles. The summed E-state index contributed by atoms with van der Waals surface area (Å²) in [5.74, 6) is 0.415. The van der Waals surface area contributed by atoms with Crippen LogP contribution in [0.3, 0.4) is 0 Å². The normalized spacial score (nSPS) is 10.4. The van der Waals surface area contributed by atoms with Crippen LogP contribution in [-0.2, 0) is 6.54 Å². The fraction of sp³-hybridized carbons (Fsp3) is 0.294. The minimum absolute atomic E-state index is 0.0312. The zero-order valence-corrected chi connectivity index (χ0v) is 12.5. The van der Waals surface area contributed by atoms with Gasteiger partial charge in [-0.2, -0.15) is 0 Å². The van der Waals surface area contributed by atoms with Crippen LogP contribution in [0.25, 0.3) is 0 Å². The Bertz CT molecular complexity index is 582. The Hall–Kier alpha value is -2.36. The first-order chi connectivity index (χ1) is 10.1. The number of anilines is 1. The van der Waals surface area contributed by atoms with E-state index in [1.807, 2.05) is 36.4 Å². The van der Waals surface area contributed by atoms with Gasteiger partial charge in [0, 0.05) is 36.7 Å². The lowest BCUT2D eigenvalue weighted by atomic mass is 10.1. The summed E-state index contributed by atoms with van der Waals surface area (Å²) in [6.07, 6.45) is 3.54. The molecule has 110 valence electrons. The minimum atomic E-state index is -0.0312. The Morgan fingerprint density at radius 3 is 2.67 bits per heavy atom. The highest BCUT2D eigenvalue weighted by Crippen LogP contribution is 2.12. The van der Waals surface area contributed by atoms with Crippen LogP contribution in [-0.4, -0.2) is 17.4 Å². The first-order valence-electron chi connectivity index (χ1n) is 7.16. The van der Waals surface area contributed by atoms with E-state index in [1.54, 1.807) is 12.4 Å². The molecule has 0 aliphatic carbocycles. The van der Waals surface area contributed by atoms with Crippen molar-refractivity contribution < 1.29 is 4.79 Å². The van der Waals surface area contributed by atoms with Crippen molar-refractivity contribution in [2.45, 2.75) is 20.4 Å². The van der Waals surface area contributed by atoms with Crippen molar-refractivity contribution >= 4 is 11.6 Å². The quantitative estimate of drug-likeness (QED) is 0.856. The zero-order chi connectivity index (χ0) is 15.1. The second-order valence-electron chi connectivity index (χ2n) is 5.39. The van der Waals surface area contributed by atoms with Gasteiger partial charge in [-0.3, -0.25) is 9.78 Å².